The van der Waals surface area contributed by atoms with Gasteiger partial charge in [-0.3, -0.25) is 4.98 Å². The Kier molecular flexibility index (Phi) is 6.12. The zero-order valence-corrected chi connectivity index (χ0v) is 20.3. The number of rotatable bonds is 5. The molecule has 2 aromatic heterocycles. The van der Waals surface area contributed by atoms with E-state index in [-0.39, 0.29) is 10.6 Å². The van der Waals surface area contributed by atoms with E-state index in [4.69, 9.17) is 9.72 Å². The molecule has 1 aliphatic rings. The quantitative estimate of drug-likeness (QED) is 0.368. The molecule has 0 amide bonds. The first kappa shape index (κ1) is 23.2. The molecule has 0 atom stereocenters. The lowest BCUT2D eigenvalue weighted by Gasteiger charge is -2.29. The number of anilines is 3. The molecule has 7 nitrogen and oxygen atoms in total. The molecule has 1 fully saturated rings. The van der Waals surface area contributed by atoms with E-state index in [2.05, 4.69) is 9.88 Å². The fraction of sp³-hybridized carbons (Fsp3) is 0.231. The van der Waals surface area contributed by atoms with E-state index in [1.54, 1.807) is 49.5 Å². The van der Waals surface area contributed by atoms with Crippen molar-refractivity contribution in [3.8, 4) is 11.3 Å². The van der Waals surface area contributed by atoms with Gasteiger partial charge in [0.25, 0.3) is 0 Å². The fourth-order valence-corrected chi connectivity index (χ4v) is 5.33. The van der Waals surface area contributed by atoms with Crippen molar-refractivity contribution in [3.63, 3.8) is 0 Å². The number of sulfone groups is 1. The average molecular weight is 493 g/mol. The van der Waals surface area contributed by atoms with Crippen LogP contribution in [0.25, 0.3) is 22.2 Å². The zero-order chi connectivity index (χ0) is 24.6. The molecule has 4 aromatic rings. The summed E-state index contributed by atoms with van der Waals surface area (Å²) in [4.78, 5) is 11.3. The van der Waals surface area contributed by atoms with Gasteiger partial charge in [-0.15, -0.1) is 0 Å². The molecule has 0 N–H and O–H groups in total. The van der Waals surface area contributed by atoms with Gasteiger partial charge < -0.3 is 9.64 Å². The second-order valence-electron chi connectivity index (χ2n) is 8.50. The lowest BCUT2D eigenvalue weighted by Crippen LogP contribution is -2.36. The zero-order valence-electron chi connectivity index (χ0n) is 19.5. The SMILES string of the molecule is Cc1c(-c2ccccc2S(C)(=O)=O)nc2ccccc2c1N(F)c1cncc(N2CCOCC2)c1. The second kappa shape index (κ2) is 9.24. The van der Waals surface area contributed by atoms with Gasteiger partial charge in [0.1, 0.15) is 0 Å². The van der Waals surface area contributed by atoms with Crippen molar-refractivity contribution in [3.05, 3.63) is 72.6 Å². The van der Waals surface area contributed by atoms with Crippen LogP contribution in [-0.2, 0) is 14.6 Å². The molecule has 0 aliphatic carbocycles. The van der Waals surface area contributed by atoms with Gasteiger partial charge in [-0.1, -0.05) is 40.9 Å². The summed E-state index contributed by atoms with van der Waals surface area (Å²) in [6.07, 6.45) is 4.35. The molecular weight excluding hydrogens is 467 g/mol. The summed E-state index contributed by atoms with van der Waals surface area (Å²) in [6, 6.07) is 15.7. The van der Waals surface area contributed by atoms with E-state index < -0.39 is 9.84 Å². The van der Waals surface area contributed by atoms with E-state index >= 15 is 4.48 Å². The first-order valence-corrected chi connectivity index (χ1v) is 13.2. The summed E-state index contributed by atoms with van der Waals surface area (Å²) >= 11 is 0. The Morgan fingerprint density at radius 2 is 1.74 bits per heavy atom. The van der Waals surface area contributed by atoms with Crippen LogP contribution < -0.4 is 10.0 Å². The summed E-state index contributed by atoms with van der Waals surface area (Å²) in [5, 5.41) is 1.23. The van der Waals surface area contributed by atoms with Gasteiger partial charge in [0.05, 0.1) is 58.8 Å². The van der Waals surface area contributed by atoms with Crippen LogP contribution in [0.3, 0.4) is 0 Å². The third kappa shape index (κ3) is 4.44. The molecule has 2 aromatic carbocycles. The Morgan fingerprint density at radius 3 is 2.51 bits per heavy atom. The molecule has 0 saturated carbocycles. The number of pyridine rings is 2. The van der Waals surface area contributed by atoms with Gasteiger partial charge in [0.15, 0.2) is 9.84 Å². The summed E-state index contributed by atoms with van der Waals surface area (Å²) in [5.41, 5.74) is 3.33. The van der Waals surface area contributed by atoms with Crippen LogP contribution in [0.2, 0.25) is 0 Å². The number of aromatic nitrogens is 2. The summed E-state index contributed by atoms with van der Waals surface area (Å²) in [5.74, 6) is 0. The minimum Gasteiger partial charge on any atom is -0.378 e. The lowest BCUT2D eigenvalue weighted by molar-refractivity contribution is 0.122. The highest BCUT2D eigenvalue weighted by molar-refractivity contribution is 7.90. The van der Waals surface area contributed by atoms with Crippen molar-refractivity contribution >= 4 is 37.8 Å². The van der Waals surface area contributed by atoms with Crippen molar-refractivity contribution in [2.75, 3.05) is 42.6 Å². The first-order chi connectivity index (χ1) is 16.8. The number of morpholine rings is 1. The van der Waals surface area contributed by atoms with Crippen LogP contribution in [-0.4, -0.2) is 50.9 Å². The lowest BCUT2D eigenvalue weighted by atomic mass is 10.0. The van der Waals surface area contributed by atoms with Crippen molar-refractivity contribution in [2.45, 2.75) is 11.8 Å². The van der Waals surface area contributed by atoms with Crippen LogP contribution in [0.4, 0.5) is 21.5 Å². The molecule has 3 heterocycles. The topological polar surface area (TPSA) is 75.6 Å². The maximum Gasteiger partial charge on any atom is 0.176 e. The number of nitrogens with zero attached hydrogens (tertiary/aromatic N) is 4. The predicted molar refractivity (Wildman–Crippen MR) is 136 cm³/mol. The molecule has 35 heavy (non-hydrogen) atoms. The highest BCUT2D eigenvalue weighted by Crippen LogP contribution is 2.41. The van der Waals surface area contributed by atoms with E-state index in [9.17, 15) is 8.42 Å². The maximum absolute atomic E-state index is 16.2. The number of ether oxygens (including phenoxy) is 1. The molecule has 0 radical (unpaired) electrons. The van der Waals surface area contributed by atoms with Gasteiger partial charge in [0, 0.05) is 35.9 Å². The molecule has 1 saturated heterocycles. The van der Waals surface area contributed by atoms with Crippen molar-refractivity contribution in [1.29, 1.82) is 0 Å². The number of benzene rings is 2. The van der Waals surface area contributed by atoms with Crippen LogP contribution in [0.15, 0.2) is 71.9 Å². The second-order valence-corrected chi connectivity index (χ2v) is 10.5. The van der Waals surface area contributed by atoms with Crippen molar-refractivity contribution in [2.24, 2.45) is 0 Å². The molecule has 5 rings (SSSR count). The number of hydrogen-bond acceptors (Lipinski definition) is 7. The minimum absolute atomic E-state index is 0.151. The fourth-order valence-electron chi connectivity index (χ4n) is 4.44. The van der Waals surface area contributed by atoms with E-state index in [0.717, 1.165) is 11.9 Å². The number of fused-ring (bicyclic) bond motifs is 1. The smallest absolute Gasteiger partial charge is 0.176 e. The number of halogens is 1. The largest absolute Gasteiger partial charge is 0.378 e. The third-order valence-corrected chi connectivity index (χ3v) is 7.31. The van der Waals surface area contributed by atoms with Crippen molar-refractivity contribution in [1.82, 2.24) is 9.97 Å². The molecular formula is C26H25FN4O3S. The van der Waals surface area contributed by atoms with Crippen LogP contribution in [0.1, 0.15) is 5.56 Å². The highest BCUT2D eigenvalue weighted by atomic mass is 32.2. The minimum atomic E-state index is -3.53. The van der Waals surface area contributed by atoms with Crippen LogP contribution in [0.5, 0.6) is 0 Å². The molecule has 0 spiro atoms. The molecule has 0 bridgehead atoms. The molecule has 0 unspecified atom stereocenters. The number of para-hydroxylation sites is 1. The van der Waals surface area contributed by atoms with Crippen LogP contribution in [0, 0.1) is 6.92 Å². The summed E-state index contributed by atoms with van der Waals surface area (Å²) in [7, 11) is -3.53. The monoisotopic (exact) mass is 492 g/mol. The summed E-state index contributed by atoms with van der Waals surface area (Å²) in [6.45, 7) is 4.40. The Bertz CT molecular complexity index is 1500. The van der Waals surface area contributed by atoms with Gasteiger partial charge in [-0.05, 0) is 25.1 Å². The summed E-state index contributed by atoms with van der Waals surface area (Å²) < 4.78 is 46.7. The molecule has 180 valence electrons. The van der Waals surface area contributed by atoms with E-state index in [1.165, 1.54) is 6.20 Å². The van der Waals surface area contributed by atoms with Crippen molar-refractivity contribution < 1.29 is 17.6 Å². The van der Waals surface area contributed by atoms with Gasteiger partial charge >= 0.3 is 0 Å². The molecule has 9 heteroatoms. The predicted octanol–water partition coefficient (Wildman–Crippen LogP) is 4.87. The maximum atomic E-state index is 16.2. The number of hydrogen-bond donors (Lipinski definition) is 0. The van der Waals surface area contributed by atoms with E-state index in [0.29, 0.717) is 64.8 Å². The van der Waals surface area contributed by atoms with Crippen LogP contribution >= 0.6 is 0 Å². The standard InChI is InChI=1S/C26H25FN4O3S/c1-18-25(22-8-4-6-10-24(22)35(2,32)33)29-23-9-5-3-7-21(23)26(18)31(27)20-15-19(16-28-17-20)30-11-13-34-14-12-30/h3-10,15-17H,11-14H2,1-2H3. The molecule has 1 aliphatic heterocycles. The first-order valence-electron chi connectivity index (χ1n) is 11.3. The van der Waals surface area contributed by atoms with E-state index in [1.807, 2.05) is 18.2 Å². The highest BCUT2D eigenvalue weighted by Gasteiger charge is 2.24. The normalized spacial score (nSPS) is 14.3. The Morgan fingerprint density at radius 1 is 1.03 bits per heavy atom. The van der Waals surface area contributed by atoms with Gasteiger partial charge in [0.2, 0.25) is 0 Å². The Balaban J connectivity index is 1.69. The average Bonchev–Trinajstić information content (AvgIpc) is 2.88. The van der Waals surface area contributed by atoms with Gasteiger partial charge in [-0.25, -0.2) is 13.4 Å². The Hall–Kier alpha value is -3.56. The van der Waals surface area contributed by atoms with Gasteiger partial charge in [-0.2, -0.15) is 5.12 Å². The Labute approximate surface area is 203 Å². The third-order valence-electron chi connectivity index (χ3n) is 6.15.